The molecule has 80 valence electrons. The molecule has 0 aliphatic heterocycles. The lowest BCUT2D eigenvalue weighted by Crippen LogP contribution is -2.18. The summed E-state index contributed by atoms with van der Waals surface area (Å²) >= 11 is 0. The van der Waals surface area contributed by atoms with Gasteiger partial charge in [0.2, 0.25) is 0 Å². The summed E-state index contributed by atoms with van der Waals surface area (Å²) in [4.78, 5) is 10.3. The molecule has 0 fully saturated rings. The van der Waals surface area contributed by atoms with E-state index in [4.69, 9.17) is 5.73 Å². The molecular weight excluding hydrogens is 200 g/mol. The van der Waals surface area contributed by atoms with Gasteiger partial charge in [-0.2, -0.15) is 0 Å². The fourth-order valence-corrected chi connectivity index (χ4v) is 1.33. The fourth-order valence-electron chi connectivity index (χ4n) is 1.33. The molecule has 0 radical (unpaired) electrons. The number of hydrogen-bond acceptors (Lipinski definition) is 1. The number of amides is 2. The minimum absolute atomic E-state index is 0.536. The SMILES string of the molecule is NC(=O)Nc1ccccc1.c1cc2ccc1=2. The number of primary amides is 1. The van der Waals surface area contributed by atoms with Crippen LogP contribution in [0.25, 0.3) is 0 Å². The van der Waals surface area contributed by atoms with E-state index in [9.17, 15) is 4.79 Å². The summed E-state index contributed by atoms with van der Waals surface area (Å²) < 4.78 is 0. The van der Waals surface area contributed by atoms with Crippen LogP contribution in [0.4, 0.5) is 10.5 Å². The molecule has 0 bridgehead atoms. The zero-order valence-electron chi connectivity index (χ0n) is 8.68. The highest BCUT2D eigenvalue weighted by atomic mass is 16.2. The lowest BCUT2D eigenvalue weighted by Gasteiger charge is -1.97. The van der Waals surface area contributed by atoms with Gasteiger partial charge in [-0.1, -0.05) is 42.5 Å². The van der Waals surface area contributed by atoms with Gasteiger partial charge in [0.15, 0.2) is 0 Å². The number of hydrogen-bond donors (Lipinski definition) is 2. The summed E-state index contributed by atoms with van der Waals surface area (Å²) in [5.74, 6) is 0. The van der Waals surface area contributed by atoms with Crippen LogP contribution in [0.2, 0.25) is 0 Å². The molecule has 1 aromatic rings. The fraction of sp³-hybridized carbons (Fsp3) is 0. The maximum Gasteiger partial charge on any atom is 0.316 e. The Bertz CT molecular complexity index is 528. The van der Waals surface area contributed by atoms with E-state index in [1.165, 1.54) is 10.4 Å². The van der Waals surface area contributed by atoms with Crippen LogP contribution in [0, 0.1) is 10.4 Å². The molecule has 2 aliphatic carbocycles. The predicted octanol–water partition coefficient (Wildman–Crippen LogP) is 2.46. The van der Waals surface area contributed by atoms with E-state index in [-0.39, 0.29) is 0 Å². The zero-order valence-corrected chi connectivity index (χ0v) is 8.68. The maximum atomic E-state index is 10.3. The molecule has 3 heteroatoms. The van der Waals surface area contributed by atoms with Gasteiger partial charge in [-0.25, -0.2) is 4.79 Å². The smallest absolute Gasteiger partial charge is 0.316 e. The number of carbonyl (C=O) groups excluding carboxylic acids is 1. The van der Waals surface area contributed by atoms with Crippen molar-refractivity contribution >= 4 is 11.7 Å². The van der Waals surface area contributed by atoms with Gasteiger partial charge in [-0.3, -0.25) is 0 Å². The van der Waals surface area contributed by atoms with Crippen molar-refractivity contribution in [3.63, 3.8) is 0 Å². The number of benzene rings is 2. The van der Waals surface area contributed by atoms with Gasteiger partial charge in [0.05, 0.1) is 0 Å². The van der Waals surface area contributed by atoms with Crippen LogP contribution in [0.5, 0.6) is 0 Å². The van der Waals surface area contributed by atoms with Crippen molar-refractivity contribution in [3.05, 3.63) is 65.0 Å². The molecule has 0 aromatic heterocycles. The van der Waals surface area contributed by atoms with Crippen molar-refractivity contribution in [1.82, 2.24) is 0 Å². The highest BCUT2D eigenvalue weighted by Gasteiger charge is 1.90. The Balaban J connectivity index is 0.000000134. The third-order valence-corrected chi connectivity index (χ3v) is 2.26. The summed E-state index contributed by atoms with van der Waals surface area (Å²) in [5, 5.41) is 5.30. The summed E-state index contributed by atoms with van der Waals surface area (Å²) in [6.07, 6.45) is 0. The van der Waals surface area contributed by atoms with Crippen molar-refractivity contribution in [2.24, 2.45) is 5.73 Å². The Labute approximate surface area is 93.2 Å². The van der Waals surface area contributed by atoms with Crippen molar-refractivity contribution in [3.8, 4) is 0 Å². The Morgan fingerprint density at radius 3 is 1.69 bits per heavy atom. The number of carbonyl (C=O) groups is 1. The van der Waals surface area contributed by atoms with Crippen LogP contribution in [0.1, 0.15) is 0 Å². The second-order valence-electron chi connectivity index (χ2n) is 3.43. The van der Waals surface area contributed by atoms with E-state index < -0.39 is 6.03 Å². The molecule has 16 heavy (non-hydrogen) atoms. The number of rotatable bonds is 1. The van der Waals surface area contributed by atoms with Crippen LogP contribution in [-0.2, 0) is 0 Å². The summed E-state index contributed by atoms with van der Waals surface area (Å²) in [7, 11) is 0. The summed E-state index contributed by atoms with van der Waals surface area (Å²) in [5.41, 5.74) is 5.59. The van der Waals surface area contributed by atoms with Gasteiger partial charge in [0.1, 0.15) is 0 Å². The van der Waals surface area contributed by atoms with E-state index in [0.717, 1.165) is 5.69 Å². The average molecular weight is 212 g/mol. The third-order valence-electron chi connectivity index (χ3n) is 2.26. The molecule has 1 aromatic carbocycles. The van der Waals surface area contributed by atoms with Gasteiger partial charge in [-0.05, 0) is 22.6 Å². The highest BCUT2D eigenvalue weighted by Crippen LogP contribution is 2.04. The standard InChI is InChI=1S/C7H8N2O.C6H4/c8-7(10)9-6-4-2-1-3-5-6;1-2-6-4-3-5(1)6/h1-5H,(H3,8,9,10);1-4H. The zero-order chi connectivity index (χ0) is 11.4. The van der Waals surface area contributed by atoms with E-state index in [1.807, 2.05) is 18.2 Å². The Kier molecular flexibility index (Phi) is 2.87. The monoisotopic (exact) mass is 212 g/mol. The summed E-state index contributed by atoms with van der Waals surface area (Å²) in [6.45, 7) is 0. The van der Waals surface area contributed by atoms with E-state index in [2.05, 4.69) is 29.6 Å². The molecule has 0 atom stereocenters. The van der Waals surface area contributed by atoms with Crippen molar-refractivity contribution in [1.29, 1.82) is 0 Å². The van der Waals surface area contributed by atoms with E-state index in [0.29, 0.717) is 0 Å². The lowest BCUT2D eigenvalue weighted by molar-refractivity contribution is 0.259. The first-order valence-corrected chi connectivity index (χ1v) is 4.97. The minimum Gasteiger partial charge on any atom is -0.351 e. The molecule has 0 saturated heterocycles. The molecule has 2 aliphatic rings. The Morgan fingerprint density at radius 2 is 1.38 bits per heavy atom. The number of nitrogens with two attached hydrogens (primary N) is 1. The van der Waals surface area contributed by atoms with Gasteiger partial charge >= 0.3 is 6.03 Å². The summed E-state index contributed by atoms with van der Waals surface area (Å²) in [6, 6.07) is 17.0. The quantitative estimate of drug-likeness (QED) is 0.639. The van der Waals surface area contributed by atoms with E-state index >= 15 is 0 Å². The first kappa shape index (κ1) is 10.2. The predicted molar refractivity (Wildman–Crippen MR) is 63.8 cm³/mol. The van der Waals surface area contributed by atoms with Crippen molar-refractivity contribution in [2.45, 2.75) is 0 Å². The van der Waals surface area contributed by atoms with Crippen LogP contribution in [0.3, 0.4) is 0 Å². The van der Waals surface area contributed by atoms with Gasteiger partial charge < -0.3 is 11.1 Å². The molecule has 3 rings (SSSR count). The molecule has 0 saturated carbocycles. The van der Waals surface area contributed by atoms with Crippen LogP contribution in [-0.4, -0.2) is 6.03 Å². The molecule has 2 amide bonds. The first-order chi connectivity index (χ1) is 7.75. The second-order valence-corrected chi connectivity index (χ2v) is 3.43. The Morgan fingerprint density at radius 1 is 0.875 bits per heavy atom. The normalized spacial score (nSPS) is 9.75. The van der Waals surface area contributed by atoms with Crippen molar-refractivity contribution in [2.75, 3.05) is 5.32 Å². The van der Waals surface area contributed by atoms with Crippen molar-refractivity contribution < 1.29 is 4.79 Å². The van der Waals surface area contributed by atoms with Crippen LogP contribution < -0.4 is 11.1 Å². The number of nitrogens with one attached hydrogen (secondary N) is 1. The number of para-hydroxylation sites is 1. The Hall–Kier alpha value is -2.29. The van der Waals surface area contributed by atoms with Crippen LogP contribution in [0.15, 0.2) is 54.6 Å². The largest absolute Gasteiger partial charge is 0.351 e. The third kappa shape index (κ3) is 2.39. The van der Waals surface area contributed by atoms with Crippen LogP contribution >= 0.6 is 0 Å². The lowest BCUT2D eigenvalue weighted by atomic mass is 10.1. The topological polar surface area (TPSA) is 55.1 Å². The highest BCUT2D eigenvalue weighted by molar-refractivity contribution is 5.87. The van der Waals surface area contributed by atoms with Gasteiger partial charge in [0, 0.05) is 5.69 Å². The average Bonchev–Trinajstić information content (AvgIpc) is 2.25. The molecule has 0 spiro atoms. The number of anilines is 1. The molecule has 0 heterocycles. The first-order valence-electron chi connectivity index (χ1n) is 4.97. The number of urea groups is 1. The molecule has 3 N–H and O–H groups in total. The van der Waals surface area contributed by atoms with Gasteiger partial charge in [0.25, 0.3) is 0 Å². The molecule has 0 unspecified atom stereocenters. The molecule has 3 nitrogen and oxygen atoms in total. The molecular formula is C13H12N2O. The maximum absolute atomic E-state index is 10.3. The second kappa shape index (κ2) is 4.49. The van der Waals surface area contributed by atoms with E-state index in [1.54, 1.807) is 12.1 Å². The minimum atomic E-state index is -0.536. The van der Waals surface area contributed by atoms with Gasteiger partial charge in [-0.15, -0.1) is 0 Å².